The summed E-state index contributed by atoms with van der Waals surface area (Å²) in [5.74, 6) is 0. The van der Waals surface area contributed by atoms with Crippen LogP contribution < -0.4 is 0 Å². The van der Waals surface area contributed by atoms with Gasteiger partial charge in [-0.1, -0.05) is 30.3 Å². The summed E-state index contributed by atoms with van der Waals surface area (Å²) < 4.78 is 50.5. The molecule has 130 valence electrons. The number of hydrogen-bond donors (Lipinski definition) is 0. The quantitative estimate of drug-likeness (QED) is 0.699. The number of benzene rings is 1. The van der Waals surface area contributed by atoms with Crippen LogP contribution in [0.3, 0.4) is 0 Å². The zero-order valence-corrected chi connectivity index (χ0v) is 14.8. The van der Waals surface area contributed by atoms with Crippen molar-refractivity contribution in [3.05, 3.63) is 35.9 Å². The molecule has 0 aromatic heterocycles. The van der Waals surface area contributed by atoms with Gasteiger partial charge < -0.3 is 4.52 Å². The average molecular weight is 348 g/mol. The zero-order chi connectivity index (χ0) is 17.2. The molecule has 0 saturated carbocycles. The van der Waals surface area contributed by atoms with Gasteiger partial charge in [-0.25, -0.2) is 9.34 Å². The lowest BCUT2D eigenvalue weighted by atomic mass is 10.1. The van der Waals surface area contributed by atoms with E-state index >= 15 is 0 Å². The number of nitrogens with zero attached hydrogens (tertiary/aromatic N) is 2. The molecular weight excluding hydrogens is 324 g/mol. The molecule has 1 heterocycles. The highest BCUT2D eigenvalue weighted by Crippen LogP contribution is 2.57. The third-order valence-corrected chi connectivity index (χ3v) is 6.39. The van der Waals surface area contributed by atoms with E-state index in [4.69, 9.17) is 4.52 Å². The van der Waals surface area contributed by atoms with Crippen molar-refractivity contribution in [1.29, 1.82) is 0 Å². The smallest absolute Gasteiger partial charge is 0.313 e. The van der Waals surface area contributed by atoms with E-state index in [0.29, 0.717) is 0 Å². The Hall–Kier alpha value is -0.680. The van der Waals surface area contributed by atoms with Gasteiger partial charge in [0.1, 0.15) is 0 Å². The topological polar surface area (TPSA) is 15.7 Å². The normalized spacial score (nSPS) is 19.9. The Bertz CT molecular complexity index is 480. The van der Waals surface area contributed by atoms with Gasteiger partial charge >= 0.3 is 6.18 Å². The minimum atomic E-state index is -4.43. The van der Waals surface area contributed by atoms with E-state index in [1.807, 2.05) is 37.0 Å². The second-order valence-electron chi connectivity index (χ2n) is 6.20. The van der Waals surface area contributed by atoms with Crippen LogP contribution in [0, 0.1) is 0 Å². The fourth-order valence-corrected chi connectivity index (χ4v) is 4.87. The summed E-state index contributed by atoms with van der Waals surface area (Å²) in [7, 11) is -1.43. The molecule has 0 aliphatic carbocycles. The third-order valence-electron chi connectivity index (χ3n) is 3.79. The van der Waals surface area contributed by atoms with E-state index in [1.54, 1.807) is 18.2 Å². The number of alkyl halides is 3. The molecule has 0 radical (unpaired) electrons. The summed E-state index contributed by atoms with van der Waals surface area (Å²) in [4.78, 5) is 0. The maximum absolute atomic E-state index is 13.6. The van der Waals surface area contributed by atoms with Crippen molar-refractivity contribution in [3.8, 4) is 0 Å². The highest BCUT2D eigenvalue weighted by molar-refractivity contribution is 7.47. The van der Waals surface area contributed by atoms with Crippen LogP contribution in [-0.4, -0.2) is 40.7 Å². The predicted octanol–water partition coefficient (Wildman–Crippen LogP) is 4.97. The summed E-state index contributed by atoms with van der Waals surface area (Å²) in [6, 6.07) is 8.17. The summed E-state index contributed by atoms with van der Waals surface area (Å²) in [6.45, 7) is 9.45. The van der Waals surface area contributed by atoms with E-state index < -0.39 is 20.7 Å². The van der Waals surface area contributed by atoms with E-state index in [9.17, 15) is 13.2 Å². The van der Waals surface area contributed by atoms with Crippen molar-refractivity contribution in [2.45, 2.75) is 52.1 Å². The van der Waals surface area contributed by atoms with Crippen LogP contribution in [0.4, 0.5) is 13.2 Å². The number of rotatable bonds is 5. The van der Waals surface area contributed by atoms with Crippen molar-refractivity contribution in [2.24, 2.45) is 0 Å². The van der Waals surface area contributed by atoms with Gasteiger partial charge in [0.25, 0.3) is 0 Å². The van der Waals surface area contributed by atoms with Gasteiger partial charge in [0.2, 0.25) is 0 Å². The maximum Gasteiger partial charge on any atom is 0.419 e. The van der Waals surface area contributed by atoms with E-state index in [-0.39, 0.29) is 17.6 Å². The summed E-state index contributed by atoms with van der Waals surface area (Å²) >= 11 is 0. The van der Waals surface area contributed by atoms with Crippen LogP contribution in [0.1, 0.15) is 39.4 Å². The van der Waals surface area contributed by atoms with E-state index in [1.165, 1.54) is 12.1 Å². The molecule has 1 fully saturated rings. The zero-order valence-electron chi connectivity index (χ0n) is 13.9. The van der Waals surface area contributed by atoms with Crippen LogP contribution in [0.5, 0.6) is 0 Å². The standard InChI is InChI=1S/C16H24F3N2OP/c1-12(2)20-10-11-21(13(3)4)23(20)22-15(16(17,18)19)14-8-6-5-7-9-14/h5-9,12-13,15H,10-11H2,1-4H3. The first-order chi connectivity index (χ1) is 10.7. The largest absolute Gasteiger partial charge is 0.419 e. The van der Waals surface area contributed by atoms with Gasteiger partial charge in [0, 0.05) is 25.2 Å². The highest BCUT2D eigenvalue weighted by Gasteiger charge is 2.47. The Kier molecular flexibility index (Phi) is 6.06. The molecule has 1 aliphatic heterocycles. The maximum atomic E-state index is 13.6. The van der Waals surface area contributed by atoms with Crippen molar-refractivity contribution in [1.82, 2.24) is 9.34 Å². The third kappa shape index (κ3) is 4.44. The summed E-state index contributed by atoms with van der Waals surface area (Å²) in [5, 5.41) is 0. The lowest BCUT2D eigenvalue weighted by molar-refractivity contribution is -0.198. The minimum absolute atomic E-state index is 0.148. The van der Waals surface area contributed by atoms with Gasteiger partial charge in [0.15, 0.2) is 14.6 Å². The molecule has 0 bridgehead atoms. The molecule has 1 aromatic rings. The molecule has 1 saturated heterocycles. The fraction of sp³-hybridized carbons (Fsp3) is 0.625. The van der Waals surface area contributed by atoms with E-state index in [0.717, 1.165) is 13.1 Å². The molecular formula is C16H24F3N2OP. The van der Waals surface area contributed by atoms with Gasteiger partial charge in [-0.2, -0.15) is 13.2 Å². The summed E-state index contributed by atoms with van der Waals surface area (Å²) in [5.41, 5.74) is 0.154. The predicted molar refractivity (Wildman–Crippen MR) is 86.9 cm³/mol. The van der Waals surface area contributed by atoms with Crippen LogP contribution >= 0.6 is 8.45 Å². The van der Waals surface area contributed by atoms with Crippen molar-refractivity contribution >= 4 is 8.45 Å². The Morgan fingerprint density at radius 2 is 1.43 bits per heavy atom. The molecule has 0 amide bonds. The molecule has 1 atom stereocenters. The van der Waals surface area contributed by atoms with Crippen molar-refractivity contribution < 1.29 is 17.7 Å². The van der Waals surface area contributed by atoms with Crippen LogP contribution in [0.15, 0.2) is 30.3 Å². The van der Waals surface area contributed by atoms with E-state index in [2.05, 4.69) is 0 Å². The Morgan fingerprint density at radius 3 is 1.83 bits per heavy atom. The van der Waals surface area contributed by atoms with Crippen molar-refractivity contribution in [2.75, 3.05) is 13.1 Å². The lowest BCUT2D eigenvalue weighted by Gasteiger charge is -2.36. The number of hydrogen-bond acceptors (Lipinski definition) is 3. The van der Waals surface area contributed by atoms with Gasteiger partial charge in [-0.3, -0.25) is 0 Å². The molecule has 2 rings (SSSR count). The molecule has 0 N–H and O–H groups in total. The fourth-order valence-electron chi connectivity index (χ4n) is 2.59. The molecule has 1 aliphatic rings. The molecule has 0 spiro atoms. The monoisotopic (exact) mass is 348 g/mol. The van der Waals surface area contributed by atoms with Crippen LogP contribution in [0.2, 0.25) is 0 Å². The highest BCUT2D eigenvalue weighted by atomic mass is 31.2. The van der Waals surface area contributed by atoms with Crippen molar-refractivity contribution in [3.63, 3.8) is 0 Å². The Labute approximate surface area is 137 Å². The summed E-state index contributed by atoms with van der Waals surface area (Å²) in [6.07, 6.45) is -6.33. The lowest BCUT2D eigenvalue weighted by Crippen LogP contribution is -2.31. The molecule has 7 heteroatoms. The van der Waals surface area contributed by atoms with Gasteiger partial charge in [-0.15, -0.1) is 0 Å². The van der Waals surface area contributed by atoms with Gasteiger partial charge in [0.05, 0.1) is 0 Å². The average Bonchev–Trinajstić information content (AvgIpc) is 2.88. The second-order valence-corrected chi connectivity index (χ2v) is 7.95. The molecule has 23 heavy (non-hydrogen) atoms. The SMILES string of the molecule is CC(C)N1CCN(C(C)C)P1OC(c1ccccc1)C(F)(F)F. The number of halogens is 3. The van der Waals surface area contributed by atoms with Crippen LogP contribution in [0.25, 0.3) is 0 Å². The Balaban J connectivity index is 2.29. The first kappa shape index (κ1) is 18.7. The van der Waals surface area contributed by atoms with Gasteiger partial charge in [-0.05, 0) is 33.3 Å². The molecule has 3 nitrogen and oxygen atoms in total. The minimum Gasteiger partial charge on any atom is -0.313 e. The molecule has 1 unspecified atom stereocenters. The first-order valence-electron chi connectivity index (χ1n) is 7.83. The van der Waals surface area contributed by atoms with Crippen LogP contribution in [-0.2, 0) is 4.52 Å². The second kappa shape index (κ2) is 7.47. The Morgan fingerprint density at radius 1 is 0.957 bits per heavy atom. The molecule has 1 aromatic carbocycles. The first-order valence-corrected chi connectivity index (χ1v) is 9.00.